The quantitative estimate of drug-likeness (QED) is 0.800. The molecule has 0 spiro atoms. The van der Waals surface area contributed by atoms with Gasteiger partial charge in [-0.2, -0.15) is 5.26 Å². The summed E-state index contributed by atoms with van der Waals surface area (Å²) >= 11 is 0. The highest BCUT2D eigenvalue weighted by atomic mass is 19.1. The Bertz CT molecular complexity index is 591. The normalized spacial score (nSPS) is 12.3. The third-order valence-electron chi connectivity index (χ3n) is 3.27. The lowest BCUT2D eigenvalue weighted by Gasteiger charge is -2.22. The minimum atomic E-state index is -0.528. The first-order valence-electron chi connectivity index (χ1n) is 8.14. The number of halogens is 1. The summed E-state index contributed by atoms with van der Waals surface area (Å²) in [6.45, 7) is 8.44. The highest BCUT2D eigenvalue weighted by molar-refractivity contribution is 5.67. The monoisotopic (exact) mass is 335 g/mol. The van der Waals surface area contributed by atoms with Gasteiger partial charge in [-0.05, 0) is 44.9 Å². The number of nitriles is 1. The molecule has 24 heavy (non-hydrogen) atoms. The lowest BCUT2D eigenvalue weighted by molar-refractivity contribution is 0.0521. The Morgan fingerprint density at radius 2 is 2.12 bits per heavy atom. The summed E-state index contributed by atoms with van der Waals surface area (Å²) in [6, 6.07) is 6.38. The summed E-state index contributed by atoms with van der Waals surface area (Å²) in [5, 5.41) is 15.0. The van der Waals surface area contributed by atoms with E-state index in [4.69, 9.17) is 10.00 Å². The Balaban J connectivity index is 2.54. The first-order chi connectivity index (χ1) is 11.2. The molecule has 0 saturated heterocycles. The van der Waals surface area contributed by atoms with Gasteiger partial charge in [0.25, 0.3) is 0 Å². The summed E-state index contributed by atoms with van der Waals surface area (Å²) in [4.78, 5) is 11.7. The standard InChI is InChI=1S/C18H26FN3O2/c1-5-6-15(12-22-17(23)24-18(2,3)4)21-11-13-7-8-16(19)14(9-13)10-20/h7-9,15,21H,5-6,11-12H2,1-4H3,(H,22,23). The molecule has 0 heterocycles. The molecule has 1 aromatic rings. The van der Waals surface area contributed by atoms with Crippen LogP contribution in [0.1, 0.15) is 51.7 Å². The second-order valence-corrected chi connectivity index (χ2v) is 6.68. The van der Waals surface area contributed by atoms with Crippen LogP contribution < -0.4 is 10.6 Å². The van der Waals surface area contributed by atoms with Crippen molar-refractivity contribution in [3.63, 3.8) is 0 Å². The molecule has 0 bridgehead atoms. The summed E-state index contributed by atoms with van der Waals surface area (Å²) < 4.78 is 18.5. The maximum absolute atomic E-state index is 13.3. The van der Waals surface area contributed by atoms with Gasteiger partial charge in [-0.25, -0.2) is 9.18 Å². The van der Waals surface area contributed by atoms with Gasteiger partial charge >= 0.3 is 6.09 Å². The van der Waals surface area contributed by atoms with Gasteiger partial charge in [-0.15, -0.1) is 0 Å². The van der Waals surface area contributed by atoms with E-state index in [0.717, 1.165) is 18.4 Å². The van der Waals surface area contributed by atoms with Crippen molar-refractivity contribution in [2.24, 2.45) is 0 Å². The predicted molar refractivity (Wildman–Crippen MR) is 90.9 cm³/mol. The van der Waals surface area contributed by atoms with Gasteiger partial charge in [-0.3, -0.25) is 0 Å². The maximum Gasteiger partial charge on any atom is 0.407 e. The minimum absolute atomic E-state index is 0.0354. The Morgan fingerprint density at radius 3 is 2.71 bits per heavy atom. The van der Waals surface area contributed by atoms with Gasteiger partial charge in [0.05, 0.1) is 5.56 Å². The van der Waals surface area contributed by atoms with Crippen LogP contribution in [0.5, 0.6) is 0 Å². The Labute approximate surface area is 143 Å². The third kappa shape index (κ3) is 7.42. The molecule has 0 aliphatic rings. The summed E-state index contributed by atoms with van der Waals surface area (Å²) in [5.41, 5.74) is 0.332. The molecule has 1 atom stereocenters. The van der Waals surface area contributed by atoms with E-state index in [9.17, 15) is 9.18 Å². The molecule has 1 rings (SSSR count). The number of alkyl carbamates (subject to hydrolysis) is 1. The van der Waals surface area contributed by atoms with E-state index in [0.29, 0.717) is 13.1 Å². The molecule has 1 unspecified atom stereocenters. The van der Waals surface area contributed by atoms with Gasteiger partial charge in [0.2, 0.25) is 0 Å². The first kappa shape index (κ1) is 19.9. The second-order valence-electron chi connectivity index (χ2n) is 6.68. The van der Waals surface area contributed by atoms with Crippen LogP contribution in [0.4, 0.5) is 9.18 Å². The fourth-order valence-electron chi connectivity index (χ4n) is 2.18. The molecular formula is C18H26FN3O2. The number of nitrogens with zero attached hydrogens (tertiary/aromatic N) is 1. The average Bonchev–Trinajstić information content (AvgIpc) is 2.49. The SMILES string of the molecule is CCCC(CNC(=O)OC(C)(C)C)NCc1ccc(F)c(C#N)c1. The van der Waals surface area contributed by atoms with Crippen molar-refractivity contribution in [3.05, 3.63) is 35.1 Å². The second kappa shape index (κ2) is 9.24. The molecule has 132 valence electrons. The zero-order valence-electron chi connectivity index (χ0n) is 14.8. The largest absolute Gasteiger partial charge is 0.444 e. The minimum Gasteiger partial charge on any atom is -0.444 e. The highest BCUT2D eigenvalue weighted by Crippen LogP contribution is 2.10. The Hall–Kier alpha value is -2.13. The van der Waals surface area contributed by atoms with Gasteiger partial charge in [0, 0.05) is 19.1 Å². The van der Waals surface area contributed by atoms with Crippen molar-refractivity contribution in [2.45, 2.75) is 58.7 Å². The number of carbonyl (C=O) groups is 1. The highest BCUT2D eigenvalue weighted by Gasteiger charge is 2.17. The van der Waals surface area contributed by atoms with E-state index in [1.807, 2.05) is 26.8 Å². The molecule has 5 nitrogen and oxygen atoms in total. The number of benzene rings is 1. The van der Waals surface area contributed by atoms with Crippen molar-refractivity contribution in [2.75, 3.05) is 6.54 Å². The lowest BCUT2D eigenvalue weighted by Crippen LogP contribution is -2.42. The van der Waals surface area contributed by atoms with Gasteiger partial charge in [0.1, 0.15) is 17.5 Å². The average molecular weight is 335 g/mol. The van der Waals surface area contributed by atoms with E-state index in [1.165, 1.54) is 12.1 Å². The number of amides is 1. The van der Waals surface area contributed by atoms with Gasteiger partial charge < -0.3 is 15.4 Å². The molecule has 6 heteroatoms. The molecule has 0 fully saturated rings. The van der Waals surface area contributed by atoms with E-state index < -0.39 is 17.5 Å². The molecule has 1 amide bonds. The zero-order chi connectivity index (χ0) is 18.2. The molecule has 0 saturated carbocycles. The van der Waals surface area contributed by atoms with Crippen LogP contribution >= 0.6 is 0 Å². The molecule has 0 aliphatic heterocycles. The fraction of sp³-hybridized carbons (Fsp3) is 0.556. The lowest BCUT2D eigenvalue weighted by atomic mass is 10.1. The van der Waals surface area contributed by atoms with Crippen LogP contribution in [0.15, 0.2) is 18.2 Å². The molecule has 1 aromatic carbocycles. The van der Waals surface area contributed by atoms with Crippen LogP contribution in [0.25, 0.3) is 0 Å². The zero-order valence-corrected chi connectivity index (χ0v) is 14.8. The summed E-state index contributed by atoms with van der Waals surface area (Å²) in [7, 11) is 0. The van der Waals surface area contributed by atoms with E-state index in [1.54, 1.807) is 6.07 Å². The van der Waals surface area contributed by atoms with Gasteiger partial charge in [0.15, 0.2) is 0 Å². The van der Waals surface area contributed by atoms with Crippen molar-refractivity contribution in [3.8, 4) is 6.07 Å². The van der Waals surface area contributed by atoms with Crippen LogP contribution in [-0.4, -0.2) is 24.3 Å². The molecule has 0 radical (unpaired) electrons. The molecule has 2 N–H and O–H groups in total. The van der Waals surface area contributed by atoms with Crippen LogP contribution in [0.2, 0.25) is 0 Å². The molecular weight excluding hydrogens is 309 g/mol. The number of hydrogen-bond acceptors (Lipinski definition) is 4. The topological polar surface area (TPSA) is 74.2 Å². The van der Waals surface area contributed by atoms with Gasteiger partial charge in [-0.1, -0.05) is 19.4 Å². The van der Waals surface area contributed by atoms with Crippen LogP contribution in [-0.2, 0) is 11.3 Å². The van der Waals surface area contributed by atoms with Crippen LogP contribution in [0.3, 0.4) is 0 Å². The smallest absolute Gasteiger partial charge is 0.407 e. The van der Waals surface area contributed by atoms with Crippen molar-refractivity contribution in [1.29, 1.82) is 5.26 Å². The van der Waals surface area contributed by atoms with Crippen molar-refractivity contribution in [1.82, 2.24) is 10.6 Å². The van der Waals surface area contributed by atoms with Crippen molar-refractivity contribution >= 4 is 6.09 Å². The molecule has 0 aromatic heterocycles. The summed E-state index contributed by atoms with van der Waals surface area (Å²) in [5.74, 6) is -0.516. The van der Waals surface area contributed by atoms with Crippen molar-refractivity contribution < 1.29 is 13.9 Å². The maximum atomic E-state index is 13.3. The predicted octanol–water partition coefficient (Wildman–Crippen LogP) is 3.48. The number of nitrogens with one attached hydrogen (secondary N) is 2. The Kier molecular flexibility index (Phi) is 7.66. The van der Waals surface area contributed by atoms with E-state index >= 15 is 0 Å². The Morgan fingerprint density at radius 1 is 1.42 bits per heavy atom. The first-order valence-corrected chi connectivity index (χ1v) is 8.14. The number of rotatable bonds is 7. The fourth-order valence-corrected chi connectivity index (χ4v) is 2.18. The van der Waals surface area contributed by atoms with Crippen LogP contribution in [0, 0.1) is 17.1 Å². The molecule has 0 aliphatic carbocycles. The third-order valence-corrected chi connectivity index (χ3v) is 3.27. The number of hydrogen-bond donors (Lipinski definition) is 2. The number of ether oxygens (including phenoxy) is 1. The summed E-state index contributed by atoms with van der Waals surface area (Å²) in [6.07, 6.45) is 1.39. The number of carbonyl (C=O) groups excluding carboxylic acids is 1. The van der Waals surface area contributed by atoms with E-state index in [2.05, 4.69) is 17.6 Å². The van der Waals surface area contributed by atoms with E-state index in [-0.39, 0.29) is 11.6 Å².